The first kappa shape index (κ1) is 9.26. The fourth-order valence-corrected chi connectivity index (χ4v) is 1.80. The van der Waals surface area contributed by atoms with E-state index in [4.69, 9.17) is 10.6 Å². The lowest BCUT2D eigenvalue weighted by Gasteiger charge is -2.14. The normalized spacial score (nSPS) is 21.1. The summed E-state index contributed by atoms with van der Waals surface area (Å²) in [4.78, 5) is 4.14. The summed E-state index contributed by atoms with van der Waals surface area (Å²) in [6.45, 7) is 0. The Bertz CT molecular complexity index is 394. The highest BCUT2D eigenvalue weighted by Gasteiger charge is 2.14. The fraction of sp³-hybridized carbons (Fsp3) is 0.111. The van der Waals surface area contributed by atoms with E-state index in [0.29, 0.717) is 5.71 Å². The molecule has 1 aliphatic rings. The van der Waals surface area contributed by atoms with Crippen molar-refractivity contribution in [2.45, 2.75) is 6.04 Å². The van der Waals surface area contributed by atoms with Crippen molar-refractivity contribution in [3.63, 3.8) is 0 Å². The van der Waals surface area contributed by atoms with E-state index in [2.05, 4.69) is 4.98 Å². The molecule has 5 heteroatoms. The second-order valence-electron chi connectivity index (χ2n) is 2.89. The molecule has 0 fully saturated rings. The molecule has 72 valence electrons. The Morgan fingerprint density at radius 1 is 1.57 bits per heavy atom. The maximum absolute atomic E-state index is 8.69. The Labute approximate surface area is 85.1 Å². The van der Waals surface area contributed by atoms with Crippen LogP contribution in [0.4, 0.5) is 0 Å². The van der Waals surface area contributed by atoms with Crippen LogP contribution in [0, 0.1) is 5.41 Å². The molecule has 1 atom stereocenters. The fourth-order valence-electron chi connectivity index (χ4n) is 1.24. The van der Waals surface area contributed by atoms with E-state index in [9.17, 15) is 0 Å². The summed E-state index contributed by atoms with van der Waals surface area (Å²) in [5.74, 6) is 0. The summed E-state index contributed by atoms with van der Waals surface area (Å²) in [6, 6.07) is -0.405. The molecule has 0 spiro atoms. The van der Waals surface area contributed by atoms with E-state index < -0.39 is 6.04 Å². The minimum atomic E-state index is -0.405. The predicted molar refractivity (Wildman–Crippen MR) is 55.7 cm³/mol. The first-order valence-electron chi connectivity index (χ1n) is 4.08. The zero-order valence-corrected chi connectivity index (χ0v) is 8.08. The molecule has 1 aromatic heterocycles. The quantitative estimate of drug-likeness (QED) is 0.643. The highest BCUT2D eigenvalue weighted by Crippen LogP contribution is 2.19. The molecule has 1 heterocycles. The molecule has 0 aliphatic heterocycles. The van der Waals surface area contributed by atoms with Crippen LogP contribution in [0.1, 0.15) is 5.69 Å². The SMILES string of the molecule is N=C1C=C(c2cscn2)C=CC1NO. The van der Waals surface area contributed by atoms with Gasteiger partial charge >= 0.3 is 0 Å². The molecular formula is C9H9N3OS. The van der Waals surface area contributed by atoms with Crippen LogP contribution in [0.5, 0.6) is 0 Å². The number of hydrogen-bond donors (Lipinski definition) is 3. The molecule has 0 bridgehead atoms. The van der Waals surface area contributed by atoms with Gasteiger partial charge in [-0.25, -0.2) is 4.98 Å². The van der Waals surface area contributed by atoms with E-state index in [1.165, 1.54) is 11.3 Å². The second-order valence-corrected chi connectivity index (χ2v) is 3.61. The smallest absolute Gasteiger partial charge is 0.0917 e. The molecule has 0 aromatic carbocycles. The predicted octanol–water partition coefficient (Wildman–Crippen LogP) is 1.46. The minimum absolute atomic E-state index is 0.331. The number of rotatable bonds is 2. The molecule has 0 saturated heterocycles. The van der Waals surface area contributed by atoms with Crippen LogP contribution in [0.25, 0.3) is 5.57 Å². The maximum atomic E-state index is 8.69. The lowest BCUT2D eigenvalue weighted by molar-refractivity contribution is 0.164. The van der Waals surface area contributed by atoms with Gasteiger partial charge in [-0.15, -0.1) is 11.3 Å². The number of hydrogen-bond acceptors (Lipinski definition) is 5. The van der Waals surface area contributed by atoms with Crippen LogP contribution in [0.2, 0.25) is 0 Å². The lowest BCUT2D eigenvalue weighted by atomic mass is 10.0. The van der Waals surface area contributed by atoms with Gasteiger partial charge in [0.25, 0.3) is 0 Å². The van der Waals surface area contributed by atoms with E-state index in [-0.39, 0.29) is 0 Å². The summed E-state index contributed by atoms with van der Waals surface area (Å²) < 4.78 is 0. The van der Waals surface area contributed by atoms with Crippen molar-refractivity contribution < 1.29 is 5.21 Å². The van der Waals surface area contributed by atoms with E-state index in [1.54, 1.807) is 17.7 Å². The zero-order valence-electron chi connectivity index (χ0n) is 7.27. The number of aromatic nitrogens is 1. The van der Waals surface area contributed by atoms with Crippen molar-refractivity contribution in [1.82, 2.24) is 10.5 Å². The average Bonchev–Trinajstić information content (AvgIpc) is 2.70. The van der Waals surface area contributed by atoms with Crippen molar-refractivity contribution >= 4 is 22.6 Å². The highest BCUT2D eigenvalue weighted by atomic mass is 32.1. The van der Waals surface area contributed by atoms with Crippen LogP contribution in [-0.2, 0) is 0 Å². The third-order valence-electron chi connectivity index (χ3n) is 1.98. The van der Waals surface area contributed by atoms with E-state index in [0.717, 1.165) is 11.3 Å². The number of nitrogens with one attached hydrogen (secondary N) is 2. The Morgan fingerprint density at radius 3 is 3.00 bits per heavy atom. The van der Waals surface area contributed by atoms with Gasteiger partial charge in [0.15, 0.2) is 0 Å². The molecular weight excluding hydrogens is 198 g/mol. The topological polar surface area (TPSA) is 69.0 Å². The van der Waals surface area contributed by atoms with Crippen LogP contribution in [0.3, 0.4) is 0 Å². The Hall–Kier alpha value is -1.30. The number of thiazole rings is 1. The summed E-state index contributed by atoms with van der Waals surface area (Å²) in [5.41, 5.74) is 5.90. The van der Waals surface area contributed by atoms with Crippen molar-refractivity contribution in [3.8, 4) is 0 Å². The Morgan fingerprint density at radius 2 is 2.43 bits per heavy atom. The number of allylic oxidation sites excluding steroid dienone is 2. The standard InChI is InChI=1S/C9H9N3OS/c10-7-3-6(1-2-8(7)12-13)9-4-14-5-11-9/h1-5,8,10,12-13H. The molecule has 2 rings (SSSR count). The maximum Gasteiger partial charge on any atom is 0.0917 e. The summed E-state index contributed by atoms with van der Waals surface area (Å²) in [7, 11) is 0. The summed E-state index contributed by atoms with van der Waals surface area (Å²) in [5, 5.41) is 18.2. The molecule has 1 unspecified atom stereocenters. The van der Waals surface area contributed by atoms with E-state index >= 15 is 0 Å². The number of hydroxylamine groups is 1. The molecule has 3 N–H and O–H groups in total. The molecule has 14 heavy (non-hydrogen) atoms. The van der Waals surface area contributed by atoms with Crippen molar-refractivity contribution in [2.24, 2.45) is 0 Å². The first-order valence-corrected chi connectivity index (χ1v) is 5.02. The highest BCUT2D eigenvalue weighted by molar-refractivity contribution is 7.07. The zero-order chi connectivity index (χ0) is 9.97. The molecule has 1 aromatic rings. The van der Waals surface area contributed by atoms with Gasteiger partial charge in [-0.2, -0.15) is 5.48 Å². The van der Waals surface area contributed by atoms with Crippen LogP contribution < -0.4 is 5.48 Å². The monoisotopic (exact) mass is 207 g/mol. The second kappa shape index (κ2) is 3.83. The van der Waals surface area contributed by atoms with E-state index in [1.807, 2.05) is 16.9 Å². The molecule has 0 amide bonds. The number of nitrogens with zero attached hydrogens (tertiary/aromatic N) is 1. The first-order chi connectivity index (χ1) is 6.81. The third-order valence-corrected chi connectivity index (χ3v) is 2.57. The van der Waals surface area contributed by atoms with Crippen LogP contribution in [0.15, 0.2) is 29.1 Å². The largest absolute Gasteiger partial charge is 0.316 e. The molecule has 1 aliphatic carbocycles. The minimum Gasteiger partial charge on any atom is -0.316 e. The lowest BCUT2D eigenvalue weighted by Crippen LogP contribution is -2.32. The van der Waals surface area contributed by atoms with Gasteiger partial charge in [-0.1, -0.05) is 12.2 Å². The van der Waals surface area contributed by atoms with Crippen molar-refractivity contribution in [1.29, 1.82) is 5.41 Å². The van der Waals surface area contributed by atoms with Gasteiger partial charge in [-0.05, 0) is 6.08 Å². The van der Waals surface area contributed by atoms with Gasteiger partial charge in [0.2, 0.25) is 0 Å². The van der Waals surface area contributed by atoms with Crippen molar-refractivity contribution in [3.05, 3.63) is 34.8 Å². The van der Waals surface area contributed by atoms with Gasteiger partial charge in [0.05, 0.1) is 23.0 Å². The van der Waals surface area contributed by atoms with Crippen LogP contribution in [-0.4, -0.2) is 21.9 Å². The Kier molecular flexibility index (Phi) is 2.53. The Balaban J connectivity index is 2.26. The van der Waals surface area contributed by atoms with Gasteiger partial charge in [-0.3, -0.25) is 0 Å². The van der Waals surface area contributed by atoms with Crippen molar-refractivity contribution in [2.75, 3.05) is 0 Å². The third kappa shape index (κ3) is 1.65. The molecule has 0 saturated carbocycles. The summed E-state index contributed by atoms with van der Waals surface area (Å²) >= 11 is 1.52. The van der Waals surface area contributed by atoms with Crippen LogP contribution >= 0.6 is 11.3 Å². The molecule has 4 nitrogen and oxygen atoms in total. The van der Waals surface area contributed by atoms with Gasteiger partial charge in [0.1, 0.15) is 0 Å². The molecule has 0 radical (unpaired) electrons. The van der Waals surface area contributed by atoms with Gasteiger partial charge < -0.3 is 10.6 Å². The summed E-state index contributed by atoms with van der Waals surface area (Å²) in [6.07, 6.45) is 5.28. The van der Waals surface area contributed by atoms with Gasteiger partial charge in [0, 0.05) is 11.0 Å². The average molecular weight is 207 g/mol.